The maximum atomic E-state index is 13.1. The van der Waals surface area contributed by atoms with Crippen LogP contribution in [0.15, 0.2) is 59.4 Å². The molecular weight excluding hydrogens is 308 g/mol. The van der Waals surface area contributed by atoms with Crippen LogP contribution in [0.2, 0.25) is 0 Å². The highest BCUT2D eigenvalue weighted by Gasteiger charge is 2.25. The molecule has 0 saturated carbocycles. The van der Waals surface area contributed by atoms with E-state index in [-0.39, 0.29) is 11.6 Å². The molecule has 0 bridgehead atoms. The summed E-state index contributed by atoms with van der Waals surface area (Å²) in [4.78, 5) is 18.0. The van der Waals surface area contributed by atoms with Crippen molar-refractivity contribution in [2.45, 2.75) is 26.3 Å². The molecular formula is C22H18N2O. The van der Waals surface area contributed by atoms with E-state index in [9.17, 15) is 4.79 Å². The molecule has 2 heterocycles. The maximum absolute atomic E-state index is 13.1. The van der Waals surface area contributed by atoms with Gasteiger partial charge in [0, 0.05) is 11.6 Å². The molecule has 1 aromatic heterocycles. The van der Waals surface area contributed by atoms with E-state index in [0.29, 0.717) is 5.39 Å². The number of nitrogens with zero attached hydrogens (tertiary/aromatic N) is 2. The predicted molar refractivity (Wildman–Crippen MR) is 102 cm³/mol. The lowest BCUT2D eigenvalue weighted by atomic mass is 9.92. The molecule has 25 heavy (non-hydrogen) atoms. The van der Waals surface area contributed by atoms with Gasteiger partial charge in [0.05, 0.1) is 10.9 Å². The van der Waals surface area contributed by atoms with Gasteiger partial charge in [0.1, 0.15) is 5.82 Å². The fourth-order valence-corrected chi connectivity index (χ4v) is 3.99. The summed E-state index contributed by atoms with van der Waals surface area (Å²) in [7, 11) is 0. The number of hydrogen-bond donors (Lipinski definition) is 0. The number of rotatable bonds is 0. The average Bonchev–Trinajstić information content (AvgIpc) is 2.61. The third-order valence-electron chi connectivity index (χ3n) is 5.22. The Morgan fingerprint density at radius 2 is 1.80 bits per heavy atom. The van der Waals surface area contributed by atoms with E-state index in [2.05, 4.69) is 37.3 Å². The van der Waals surface area contributed by atoms with Gasteiger partial charge in [-0.2, -0.15) is 0 Å². The topological polar surface area (TPSA) is 34.9 Å². The molecule has 1 atom stereocenters. The van der Waals surface area contributed by atoms with Crippen LogP contribution in [0.4, 0.5) is 0 Å². The molecule has 0 aliphatic carbocycles. The molecule has 5 rings (SSSR count). The molecule has 0 radical (unpaired) electrons. The fraction of sp³-hybridized carbons (Fsp3) is 0.182. The second-order valence-corrected chi connectivity index (χ2v) is 7.04. The number of fused-ring (bicyclic) bond motifs is 5. The summed E-state index contributed by atoms with van der Waals surface area (Å²) in [6, 6.07) is 18.8. The first-order valence-electron chi connectivity index (χ1n) is 8.67. The van der Waals surface area contributed by atoms with Crippen LogP contribution >= 0.6 is 0 Å². The fourth-order valence-electron chi connectivity index (χ4n) is 3.99. The van der Waals surface area contributed by atoms with E-state index in [1.54, 1.807) is 0 Å². The van der Waals surface area contributed by atoms with Crippen LogP contribution in [0.3, 0.4) is 0 Å². The first kappa shape index (κ1) is 14.4. The van der Waals surface area contributed by atoms with Crippen LogP contribution in [-0.2, 0) is 6.42 Å². The molecule has 0 saturated heterocycles. The van der Waals surface area contributed by atoms with Crippen molar-refractivity contribution in [2.24, 2.45) is 0 Å². The lowest BCUT2D eigenvalue weighted by Crippen LogP contribution is -2.30. The Morgan fingerprint density at radius 1 is 1.04 bits per heavy atom. The van der Waals surface area contributed by atoms with Crippen LogP contribution < -0.4 is 5.56 Å². The Morgan fingerprint density at radius 3 is 2.60 bits per heavy atom. The molecule has 1 aliphatic rings. The summed E-state index contributed by atoms with van der Waals surface area (Å²) in [6.45, 7) is 4.11. The van der Waals surface area contributed by atoms with Gasteiger partial charge in [-0.15, -0.1) is 0 Å². The second-order valence-electron chi connectivity index (χ2n) is 7.04. The third kappa shape index (κ3) is 2.05. The summed E-state index contributed by atoms with van der Waals surface area (Å²) in [6.07, 6.45) is 0.853. The quantitative estimate of drug-likeness (QED) is 0.472. The van der Waals surface area contributed by atoms with E-state index in [1.165, 1.54) is 16.3 Å². The highest BCUT2D eigenvalue weighted by Crippen LogP contribution is 2.35. The molecule has 1 unspecified atom stereocenters. The molecule has 122 valence electrons. The van der Waals surface area contributed by atoms with Crippen LogP contribution in [-0.4, -0.2) is 9.55 Å². The number of aryl methyl sites for hydroxylation is 1. The van der Waals surface area contributed by atoms with E-state index >= 15 is 0 Å². The van der Waals surface area contributed by atoms with Gasteiger partial charge in [0.25, 0.3) is 5.56 Å². The van der Waals surface area contributed by atoms with Gasteiger partial charge in [0.2, 0.25) is 0 Å². The van der Waals surface area contributed by atoms with Crippen molar-refractivity contribution in [1.82, 2.24) is 9.55 Å². The number of aromatic nitrogens is 2. The van der Waals surface area contributed by atoms with E-state index in [0.717, 1.165) is 28.9 Å². The SMILES string of the molecule is Cc1ccc2nc3n(c(=O)c2c1)C(C)Cc1cc2ccccc2cc1-3. The van der Waals surface area contributed by atoms with Gasteiger partial charge < -0.3 is 0 Å². The second kappa shape index (κ2) is 5.03. The normalized spacial score (nSPS) is 16.0. The highest BCUT2D eigenvalue weighted by molar-refractivity contribution is 5.89. The van der Waals surface area contributed by atoms with Crippen LogP contribution in [0.25, 0.3) is 33.1 Å². The van der Waals surface area contributed by atoms with Crippen molar-refractivity contribution in [3.05, 3.63) is 76.1 Å². The Labute approximate surface area is 145 Å². The van der Waals surface area contributed by atoms with Gasteiger partial charge in [-0.3, -0.25) is 9.36 Å². The first-order valence-corrected chi connectivity index (χ1v) is 8.67. The Kier molecular flexibility index (Phi) is 2.90. The smallest absolute Gasteiger partial charge is 0.261 e. The molecule has 1 aliphatic heterocycles. The minimum Gasteiger partial charge on any atom is -0.289 e. The minimum absolute atomic E-state index is 0.0648. The molecule has 3 aromatic carbocycles. The van der Waals surface area contributed by atoms with Crippen molar-refractivity contribution < 1.29 is 0 Å². The van der Waals surface area contributed by atoms with Crippen molar-refractivity contribution in [3.63, 3.8) is 0 Å². The highest BCUT2D eigenvalue weighted by atomic mass is 16.1. The van der Waals surface area contributed by atoms with Crippen LogP contribution in [0.1, 0.15) is 24.1 Å². The van der Waals surface area contributed by atoms with E-state index < -0.39 is 0 Å². The molecule has 0 fully saturated rings. The van der Waals surface area contributed by atoms with Crippen molar-refractivity contribution >= 4 is 21.7 Å². The molecule has 3 heteroatoms. The summed E-state index contributed by atoms with van der Waals surface area (Å²) >= 11 is 0. The zero-order chi connectivity index (χ0) is 17.1. The summed E-state index contributed by atoms with van der Waals surface area (Å²) in [5.74, 6) is 0.792. The van der Waals surface area contributed by atoms with Gasteiger partial charge in [0.15, 0.2) is 0 Å². The standard InChI is InChI=1S/C22H18N2O/c1-13-7-8-20-19(9-13)22(25)24-14(2)10-17-11-15-5-3-4-6-16(15)12-18(17)21(24)23-20/h3-9,11-12,14H,10H2,1-2H3. The van der Waals surface area contributed by atoms with Crippen molar-refractivity contribution in [2.75, 3.05) is 0 Å². The number of hydrogen-bond acceptors (Lipinski definition) is 2. The molecule has 3 nitrogen and oxygen atoms in total. The zero-order valence-electron chi connectivity index (χ0n) is 14.3. The Balaban J connectivity index is 1.90. The summed E-state index contributed by atoms with van der Waals surface area (Å²) in [5, 5.41) is 3.13. The molecule has 0 N–H and O–H groups in total. The van der Waals surface area contributed by atoms with Crippen molar-refractivity contribution in [1.29, 1.82) is 0 Å². The summed E-state index contributed by atoms with van der Waals surface area (Å²) < 4.78 is 1.87. The van der Waals surface area contributed by atoms with Crippen LogP contribution in [0, 0.1) is 6.92 Å². The Hall–Kier alpha value is -2.94. The van der Waals surface area contributed by atoms with Crippen LogP contribution in [0.5, 0.6) is 0 Å². The van der Waals surface area contributed by atoms with Crippen molar-refractivity contribution in [3.8, 4) is 11.4 Å². The number of benzene rings is 3. The first-order chi connectivity index (χ1) is 12.1. The lowest BCUT2D eigenvalue weighted by Gasteiger charge is -2.27. The van der Waals surface area contributed by atoms with Gasteiger partial charge in [-0.1, -0.05) is 42.0 Å². The van der Waals surface area contributed by atoms with E-state index in [1.807, 2.05) is 35.8 Å². The van der Waals surface area contributed by atoms with E-state index in [4.69, 9.17) is 4.98 Å². The average molecular weight is 326 g/mol. The zero-order valence-corrected chi connectivity index (χ0v) is 14.3. The lowest BCUT2D eigenvalue weighted by molar-refractivity contribution is 0.517. The van der Waals surface area contributed by atoms with Gasteiger partial charge in [-0.25, -0.2) is 4.98 Å². The molecule has 4 aromatic rings. The van der Waals surface area contributed by atoms with Gasteiger partial charge >= 0.3 is 0 Å². The summed E-state index contributed by atoms with van der Waals surface area (Å²) in [5.41, 5.74) is 4.27. The van der Waals surface area contributed by atoms with Gasteiger partial charge in [-0.05, 0) is 54.8 Å². The monoisotopic (exact) mass is 326 g/mol. The third-order valence-corrected chi connectivity index (χ3v) is 5.22. The predicted octanol–water partition coefficient (Wildman–Crippen LogP) is 4.64. The largest absolute Gasteiger partial charge is 0.289 e. The minimum atomic E-state index is 0.0648. The molecule has 0 spiro atoms. The Bertz CT molecular complexity index is 1220. The molecule has 0 amide bonds. The maximum Gasteiger partial charge on any atom is 0.261 e.